The summed E-state index contributed by atoms with van der Waals surface area (Å²) in [5.74, 6) is 0. The van der Waals surface area contributed by atoms with Crippen molar-refractivity contribution in [3.05, 3.63) is 0 Å². The molecule has 1 heterocycles. The maximum absolute atomic E-state index is 13.0. The zero-order chi connectivity index (χ0) is 7.94. The van der Waals surface area contributed by atoms with Gasteiger partial charge < -0.3 is 14.9 Å². The molecule has 10 heavy (non-hydrogen) atoms. The van der Waals surface area contributed by atoms with Crippen molar-refractivity contribution in [2.45, 2.75) is 31.0 Å². The average molecular weight is 146 g/mol. The Morgan fingerprint density at radius 2 is 2.10 bits per heavy atom. The predicted molar refractivity (Wildman–Crippen MR) is 32.2 cm³/mol. The molecular formula is C5H8BFO3. The van der Waals surface area contributed by atoms with E-state index in [1.54, 1.807) is 0 Å². The van der Waals surface area contributed by atoms with Gasteiger partial charge in [-0.25, -0.2) is 4.39 Å². The Balaban J connectivity index is 2.75. The van der Waals surface area contributed by atoms with Crippen LogP contribution in [-0.4, -0.2) is 42.1 Å². The zero-order valence-electron chi connectivity index (χ0n) is 5.49. The molecule has 4 unspecified atom stereocenters. The smallest absolute Gasteiger partial charge is 0.183 e. The van der Waals surface area contributed by atoms with Crippen LogP contribution in [0, 0.1) is 0 Å². The summed E-state index contributed by atoms with van der Waals surface area (Å²) in [5.41, 5.74) is -2.06. The summed E-state index contributed by atoms with van der Waals surface area (Å²) in [5, 5.41) is 17.6. The van der Waals surface area contributed by atoms with Crippen LogP contribution >= 0.6 is 0 Å². The zero-order valence-corrected chi connectivity index (χ0v) is 5.49. The minimum atomic E-state index is -2.06. The molecule has 0 aromatic rings. The van der Waals surface area contributed by atoms with Crippen molar-refractivity contribution in [1.82, 2.24) is 0 Å². The van der Waals surface area contributed by atoms with E-state index in [2.05, 4.69) is 4.74 Å². The number of rotatable bonds is 0. The second kappa shape index (κ2) is 2.18. The van der Waals surface area contributed by atoms with Gasteiger partial charge in [0.15, 0.2) is 12.0 Å². The van der Waals surface area contributed by atoms with Crippen molar-refractivity contribution in [2.75, 3.05) is 0 Å². The molecular weight excluding hydrogens is 138 g/mol. The first-order valence-corrected chi connectivity index (χ1v) is 2.92. The van der Waals surface area contributed by atoms with Gasteiger partial charge in [0.2, 0.25) is 0 Å². The number of alkyl halides is 1. The molecule has 4 atom stereocenters. The number of aliphatic hydroxyl groups excluding tert-OH is 2. The van der Waals surface area contributed by atoms with E-state index in [-0.39, 0.29) is 0 Å². The lowest BCUT2D eigenvalue weighted by atomic mass is 9.84. The van der Waals surface area contributed by atoms with E-state index < -0.39 is 24.1 Å². The second-order valence-electron chi connectivity index (χ2n) is 2.54. The molecule has 3 nitrogen and oxygen atoms in total. The SMILES string of the molecule is [B]C1OC(O)C(O)C1(C)F. The molecule has 56 valence electrons. The monoisotopic (exact) mass is 146 g/mol. The second-order valence-corrected chi connectivity index (χ2v) is 2.54. The summed E-state index contributed by atoms with van der Waals surface area (Å²) in [7, 11) is 5.08. The van der Waals surface area contributed by atoms with Crippen LogP contribution in [0.4, 0.5) is 4.39 Å². The van der Waals surface area contributed by atoms with E-state index in [1.165, 1.54) is 0 Å². The summed E-state index contributed by atoms with van der Waals surface area (Å²) >= 11 is 0. The Morgan fingerprint density at radius 1 is 1.60 bits per heavy atom. The van der Waals surface area contributed by atoms with Crippen LogP contribution in [0.15, 0.2) is 0 Å². The number of ether oxygens (including phenoxy) is 1. The summed E-state index contributed by atoms with van der Waals surface area (Å²) in [6, 6.07) is -1.25. The molecule has 0 aromatic heterocycles. The molecule has 1 saturated heterocycles. The summed E-state index contributed by atoms with van der Waals surface area (Å²) < 4.78 is 17.4. The third-order valence-corrected chi connectivity index (χ3v) is 1.69. The van der Waals surface area contributed by atoms with Crippen molar-refractivity contribution in [1.29, 1.82) is 0 Å². The van der Waals surface area contributed by atoms with E-state index in [4.69, 9.17) is 18.1 Å². The fourth-order valence-corrected chi connectivity index (χ4v) is 0.805. The fraction of sp³-hybridized carbons (Fsp3) is 1.00. The largest absolute Gasteiger partial charge is 0.384 e. The molecule has 0 aliphatic carbocycles. The van der Waals surface area contributed by atoms with Crippen LogP contribution in [0.2, 0.25) is 0 Å². The Kier molecular flexibility index (Phi) is 1.74. The lowest BCUT2D eigenvalue weighted by Crippen LogP contribution is -2.41. The molecule has 2 N–H and O–H groups in total. The van der Waals surface area contributed by atoms with E-state index in [1.807, 2.05) is 0 Å². The van der Waals surface area contributed by atoms with Gasteiger partial charge in [-0.15, -0.1) is 0 Å². The molecule has 0 saturated carbocycles. The van der Waals surface area contributed by atoms with Gasteiger partial charge in [0.05, 0.1) is 6.00 Å². The number of hydrogen-bond donors (Lipinski definition) is 2. The van der Waals surface area contributed by atoms with E-state index in [0.29, 0.717) is 0 Å². The van der Waals surface area contributed by atoms with Gasteiger partial charge in [0.25, 0.3) is 0 Å². The van der Waals surface area contributed by atoms with Crippen LogP contribution in [-0.2, 0) is 4.74 Å². The third-order valence-electron chi connectivity index (χ3n) is 1.69. The molecule has 0 bridgehead atoms. The number of hydrogen-bond acceptors (Lipinski definition) is 3. The van der Waals surface area contributed by atoms with Crippen molar-refractivity contribution in [3.63, 3.8) is 0 Å². The summed E-state index contributed by atoms with van der Waals surface area (Å²) in [4.78, 5) is 0. The third kappa shape index (κ3) is 0.942. The molecule has 0 amide bonds. The topological polar surface area (TPSA) is 49.7 Å². The van der Waals surface area contributed by atoms with Crippen molar-refractivity contribution < 1.29 is 19.3 Å². The lowest BCUT2D eigenvalue weighted by Gasteiger charge is -2.20. The first-order valence-electron chi connectivity index (χ1n) is 2.92. The molecule has 1 aliphatic rings. The first kappa shape index (κ1) is 7.98. The van der Waals surface area contributed by atoms with Crippen LogP contribution in [0.1, 0.15) is 6.92 Å². The van der Waals surface area contributed by atoms with Gasteiger partial charge in [-0.3, -0.25) is 0 Å². The Labute approximate surface area is 59.2 Å². The Hall–Kier alpha value is -0.125. The lowest BCUT2D eigenvalue weighted by molar-refractivity contribution is -0.117. The van der Waals surface area contributed by atoms with Crippen molar-refractivity contribution >= 4 is 7.85 Å². The van der Waals surface area contributed by atoms with Crippen LogP contribution in [0.25, 0.3) is 0 Å². The number of aliphatic hydroxyl groups is 2. The maximum atomic E-state index is 13.0. The van der Waals surface area contributed by atoms with Crippen molar-refractivity contribution in [3.8, 4) is 0 Å². The van der Waals surface area contributed by atoms with Gasteiger partial charge in [0, 0.05) is 0 Å². The van der Waals surface area contributed by atoms with Gasteiger partial charge in [-0.2, -0.15) is 0 Å². The van der Waals surface area contributed by atoms with Crippen LogP contribution in [0.3, 0.4) is 0 Å². The summed E-state index contributed by atoms with van der Waals surface area (Å²) in [6.07, 6.45) is -3.06. The van der Waals surface area contributed by atoms with E-state index in [9.17, 15) is 4.39 Å². The van der Waals surface area contributed by atoms with Gasteiger partial charge in [0.1, 0.15) is 14.0 Å². The molecule has 0 spiro atoms. The summed E-state index contributed by atoms with van der Waals surface area (Å²) in [6.45, 7) is 1.08. The normalized spacial score (nSPS) is 55.4. The van der Waals surface area contributed by atoms with E-state index in [0.717, 1.165) is 6.92 Å². The molecule has 1 aliphatic heterocycles. The fourth-order valence-electron chi connectivity index (χ4n) is 0.805. The maximum Gasteiger partial charge on any atom is 0.183 e. The minimum Gasteiger partial charge on any atom is -0.384 e. The number of halogens is 1. The molecule has 2 radical (unpaired) electrons. The molecule has 5 heteroatoms. The van der Waals surface area contributed by atoms with Crippen LogP contribution in [0.5, 0.6) is 0 Å². The van der Waals surface area contributed by atoms with Gasteiger partial charge >= 0.3 is 0 Å². The van der Waals surface area contributed by atoms with Crippen molar-refractivity contribution in [2.24, 2.45) is 0 Å². The molecule has 1 rings (SSSR count). The predicted octanol–water partition coefficient (Wildman–Crippen LogP) is -1.08. The first-order chi connectivity index (χ1) is 4.46. The van der Waals surface area contributed by atoms with Gasteiger partial charge in [-0.1, -0.05) is 0 Å². The highest BCUT2D eigenvalue weighted by Gasteiger charge is 2.50. The Bertz CT molecular complexity index is 141. The highest BCUT2D eigenvalue weighted by atomic mass is 19.1. The Morgan fingerprint density at radius 3 is 2.20 bits per heavy atom. The standard InChI is InChI=1S/C5H8BFO3/c1-5(7)2(8)3(9)10-4(5)6/h2-4,8-9H,1H3. The van der Waals surface area contributed by atoms with Gasteiger partial charge in [-0.05, 0) is 6.92 Å². The van der Waals surface area contributed by atoms with Crippen LogP contribution < -0.4 is 0 Å². The molecule has 1 fully saturated rings. The molecule has 0 aromatic carbocycles. The minimum absolute atomic E-state index is 1.08. The quantitative estimate of drug-likeness (QED) is 0.427. The van der Waals surface area contributed by atoms with E-state index >= 15 is 0 Å². The average Bonchev–Trinajstić information content (AvgIpc) is 1.97. The highest BCUT2D eigenvalue weighted by molar-refractivity contribution is 6.12. The highest BCUT2D eigenvalue weighted by Crippen LogP contribution is 2.31.